The molecule has 144 valence electrons. The van der Waals surface area contributed by atoms with Crippen molar-refractivity contribution in [1.29, 1.82) is 0 Å². The van der Waals surface area contributed by atoms with Crippen LogP contribution in [0.5, 0.6) is 0 Å². The van der Waals surface area contributed by atoms with E-state index in [0.29, 0.717) is 12.6 Å². The van der Waals surface area contributed by atoms with Gasteiger partial charge in [-0.3, -0.25) is 9.59 Å². The van der Waals surface area contributed by atoms with Crippen molar-refractivity contribution >= 4 is 11.8 Å². The van der Waals surface area contributed by atoms with Crippen molar-refractivity contribution in [3.8, 4) is 0 Å². The zero-order chi connectivity index (χ0) is 19.1. The zero-order valence-corrected chi connectivity index (χ0v) is 16.6. The van der Waals surface area contributed by atoms with Crippen LogP contribution in [0.3, 0.4) is 0 Å². The number of hydrogen-bond donors (Lipinski definition) is 1. The van der Waals surface area contributed by atoms with Gasteiger partial charge in [0.2, 0.25) is 5.91 Å². The van der Waals surface area contributed by atoms with Gasteiger partial charge in [0.1, 0.15) is 0 Å². The number of carbonyl (C=O) groups excluding carboxylic acids is 2. The molecule has 0 bridgehead atoms. The Labute approximate surface area is 157 Å². The second-order valence-corrected chi connectivity index (χ2v) is 7.53. The molecular formula is C21H33N3O2. The summed E-state index contributed by atoms with van der Waals surface area (Å²) < 4.78 is 0. The smallest absolute Gasteiger partial charge is 0.254 e. The molecule has 0 aromatic heterocycles. The average molecular weight is 360 g/mol. The molecule has 2 rings (SSSR count). The molecule has 1 saturated heterocycles. The lowest BCUT2D eigenvalue weighted by Gasteiger charge is -2.34. The Morgan fingerprint density at radius 3 is 2.31 bits per heavy atom. The van der Waals surface area contributed by atoms with E-state index in [1.165, 1.54) is 0 Å². The molecule has 0 radical (unpaired) electrons. The maximum absolute atomic E-state index is 13.0. The lowest BCUT2D eigenvalue weighted by molar-refractivity contribution is -0.133. The monoisotopic (exact) mass is 359 g/mol. The van der Waals surface area contributed by atoms with Crippen LogP contribution in [0.25, 0.3) is 0 Å². The minimum absolute atomic E-state index is 0.00608. The van der Waals surface area contributed by atoms with Crippen molar-refractivity contribution in [3.63, 3.8) is 0 Å². The van der Waals surface area contributed by atoms with Gasteiger partial charge in [-0.05, 0) is 50.0 Å². The lowest BCUT2D eigenvalue weighted by atomic mass is 10.0. The molecule has 1 aromatic rings. The third-order valence-corrected chi connectivity index (χ3v) is 4.97. The fourth-order valence-electron chi connectivity index (χ4n) is 3.52. The molecule has 0 unspecified atom stereocenters. The van der Waals surface area contributed by atoms with Crippen LogP contribution in [-0.4, -0.2) is 54.3 Å². The fourth-order valence-corrected chi connectivity index (χ4v) is 3.52. The Morgan fingerprint density at radius 2 is 1.77 bits per heavy atom. The molecule has 0 saturated carbocycles. The van der Waals surface area contributed by atoms with Gasteiger partial charge in [0, 0.05) is 37.7 Å². The highest BCUT2D eigenvalue weighted by atomic mass is 16.2. The van der Waals surface area contributed by atoms with Crippen molar-refractivity contribution in [2.24, 2.45) is 5.92 Å². The van der Waals surface area contributed by atoms with E-state index in [1.807, 2.05) is 50.1 Å². The maximum atomic E-state index is 13.0. The number of nitrogens with zero attached hydrogens (tertiary/aromatic N) is 2. The summed E-state index contributed by atoms with van der Waals surface area (Å²) in [6, 6.07) is 8.05. The Bertz CT molecular complexity index is 592. The molecule has 0 aliphatic carbocycles. The van der Waals surface area contributed by atoms with E-state index in [-0.39, 0.29) is 17.7 Å². The van der Waals surface area contributed by atoms with Gasteiger partial charge in [-0.25, -0.2) is 0 Å². The molecule has 0 atom stereocenters. The summed E-state index contributed by atoms with van der Waals surface area (Å²) in [5.74, 6) is 0.246. The van der Waals surface area contributed by atoms with Gasteiger partial charge in [0.15, 0.2) is 0 Å². The Morgan fingerprint density at radius 1 is 1.15 bits per heavy atom. The van der Waals surface area contributed by atoms with Gasteiger partial charge in [-0.1, -0.05) is 32.9 Å². The highest BCUT2D eigenvalue weighted by Gasteiger charge is 2.25. The van der Waals surface area contributed by atoms with Crippen LogP contribution in [0.2, 0.25) is 0 Å². The Kier molecular flexibility index (Phi) is 7.64. The first-order valence-corrected chi connectivity index (χ1v) is 9.79. The fraction of sp³-hybridized carbons (Fsp3) is 0.619. The predicted molar refractivity (Wildman–Crippen MR) is 105 cm³/mol. The van der Waals surface area contributed by atoms with Crippen molar-refractivity contribution in [2.45, 2.75) is 52.6 Å². The second-order valence-electron chi connectivity index (χ2n) is 7.53. The first kappa shape index (κ1) is 20.4. The van der Waals surface area contributed by atoms with Gasteiger partial charge in [0.25, 0.3) is 5.91 Å². The van der Waals surface area contributed by atoms with Gasteiger partial charge >= 0.3 is 0 Å². The molecule has 5 nitrogen and oxygen atoms in total. The molecule has 26 heavy (non-hydrogen) atoms. The topological polar surface area (TPSA) is 52.7 Å². The molecule has 1 N–H and O–H groups in total. The molecule has 1 aliphatic rings. The van der Waals surface area contributed by atoms with Crippen LogP contribution < -0.4 is 5.32 Å². The van der Waals surface area contributed by atoms with E-state index < -0.39 is 0 Å². The highest BCUT2D eigenvalue weighted by molar-refractivity contribution is 5.94. The van der Waals surface area contributed by atoms with E-state index in [4.69, 9.17) is 0 Å². The molecular weight excluding hydrogens is 326 g/mol. The number of benzene rings is 1. The summed E-state index contributed by atoms with van der Waals surface area (Å²) in [7, 11) is 1.82. The Hall–Kier alpha value is -1.88. The van der Waals surface area contributed by atoms with Gasteiger partial charge in [-0.15, -0.1) is 0 Å². The predicted octanol–water partition coefficient (Wildman–Crippen LogP) is 2.91. The van der Waals surface area contributed by atoms with E-state index in [1.54, 1.807) is 4.90 Å². The molecule has 2 amide bonds. The number of carbonyl (C=O) groups is 2. The van der Waals surface area contributed by atoms with Gasteiger partial charge in [0.05, 0.1) is 0 Å². The summed E-state index contributed by atoms with van der Waals surface area (Å²) in [6.07, 6.45) is 3.01. The van der Waals surface area contributed by atoms with Crippen molar-refractivity contribution in [1.82, 2.24) is 15.1 Å². The standard InChI is InChI=1S/C21H33N3O2/c1-5-14-24(19-10-12-22-13-11-19)21(26)18-8-6-17(7-9-18)15-23(4)20(25)16(2)3/h6-9,16,19,22H,5,10-15H2,1-4H3. The Balaban J connectivity index is 2.05. The third-order valence-electron chi connectivity index (χ3n) is 4.97. The normalized spacial score (nSPS) is 15.1. The van der Waals surface area contributed by atoms with Crippen LogP contribution in [0.15, 0.2) is 24.3 Å². The number of amides is 2. The van der Waals surface area contributed by atoms with Crippen LogP contribution >= 0.6 is 0 Å². The molecule has 1 fully saturated rings. The average Bonchev–Trinajstić information content (AvgIpc) is 2.66. The van der Waals surface area contributed by atoms with Gasteiger partial charge in [-0.2, -0.15) is 0 Å². The van der Waals surface area contributed by atoms with Crippen molar-refractivity contribution in [3.05, 3.63) is 35.4 Å². The molecule has 1 heterocycles. The second kappa shape index (κ2) is 9.72. The molecule has 5 heteroatoms. The van der Waals surface area contributed by atoms with Crippen LogP contribution in [0, 0.1) is 5.92 Å². The van der Waals surface area contributed by atoms with Crippen LogP contribution in [-0.2, 0) is 11.3 Å². The number of piperidine rings is 1. The minimum Gasteiger partial charge on any atom is -0.341 e. The van der Waals surface area contributed by atoms with E-state index in [2.05, 4.69) is 12.2 Å². The van der Waals surface area contributed by atoms with E-state index >= 15 is 0 Å². The quantitative estimate of drug-likeness (QED) is 0.814. The summed E-state index contributed by atoms with van der Waals surface area (Å²) in [4.78, 5) is 28.8. The van der Waals surface area contributed by atoms with Crippen molar-refractivity contribution in [2.75, 3.05) is 26.7 Å². The summed E-state index contributed by atoms with van der Waals surface area (Å²) >= 11 is 0. The lowest BCUT2D eigenvalue weighted by Crippen LogP contribution is -2.46. The minimum atomic E-state index is -0.00608. The number of hydrogen-bond acceptors (Lipinski definition) is 3. The van der Waals surface area contributed by atoms with Crippen LogP contribution in [0.1, 0.15) is 56.0 Å². The molecule has 0 spiro atoms. The number of rotatable bonds is 7. The van der Waals surface area contributed by atoms with E-state index in [9.17, 15) is 9.59 Å². The largest absolute Gasteiger partial charge is 0.341 e. The third kappa shape index (κ3) is 5.31. The summed E-state index contributed by atoms with van der Waals surface area (Å²) in [6.45, 7) is 9.26. The maximum Gasteiger partial charge on any atom is 0.254 e. The highest BCUT2D eigenvalue weighted by Crippen LogP contribution is 2.17. The van der Waals surface area contributed by atoms with Crippen molar-refractivity contribution < 1.29 is 9.59 Å². The van der Waals surface area contributed by atoms with Gasteiger partial charge < -0.3 is 15.1 Å². The van der Waals surface area contributed by atoms with Crippen LogP contribution in [0.4, 0.5) is 0 Å². The molecule has 1 aromatic carbocycles. The summed E-state index contributed by atoms with van der Waals surface area (Å²) in [5, 5.41) is 3.36. The molecule has 1 aliphatic heterocycles. The van der Waals surface area contributed by atoms with E-state index in [0.717, 1.165) is 50.0 Å². The zero-order valence-electron chi connectivity index (χ0n) is 16.6. The first-order valence-electron chi connectivity index (χ1n) is 9.79. The summed E-state index contributed by atoms with van der Waals surface area (Å²) in [5.41, 5.74) is 1.78. The first-order chi connectivity index (χ1) is 12.4. The SMILES string of the molecule is CCCN(C(=O)c1ccc(CN(C)C(=O)C(C)C)cc1)C1CCNCC1. The number of nitrogens with one attached hydrogen (secondary N) is 1.